The Morgan fingerprint density at radius 1 is 1.24 bits per heavy atom. The first-order valence-electron chi connectivity index (χ1n) is 7.57. The van der Waals surface area contributed by atoms with Crippen molar-refractivity contribution in [3.05, 3.63) is 33.7 Å². The molecule has 1 aliphatic heterocycles. The summed E-state index contributed by atoms with van der Waals surface area (Å²) >= 11 is 7.43. The molecule has 0 unspecified atom stereocenters. The van der Waals surface area contributed by atoms with E-state index in [2.05, 4.69) is 33.3 Å². The van der Waals surface area contributed by atoms with E-state index in [4.69, 9.17) is 9.31 Å². The number of halogens is 4. The molecule has 0 radical (unpaired) electrons. The normalized spacial score (nSPS) is 20.0. The highest BCUT2D eigenvalue weighted by Gasteiger charge is 2.52. The number of hydrogen-bond donors (Lipinski definition) is 1. The van der Waals surface area contributed by atoms with E-state index in [1.54, 1.807) is 12.1 Å². The summed E-state index contributed by atoms with van der Waals surface area (Å²) in [6, 6.07) is 4.43. The van der Waals surface area contributed by atoms with Crippen molar-refractivity contribution in [2.75, 3.05) is 5.75 Å². The fourth-order valence-corrected chi connectivity index (χ4v) is 2.80. The summed E-state index contributed by atoms with van der Waals surface area (Å²) in [7, 11) is -0.690. The summed E-state index contributed by atoms with van der Waals surface area (Å²) in [5.74, 6) is -0.0455. The van der Waals surface area contributed by atoms with Gasteiger partial charge in [-0.05, 0) is 45.3 Å². The molecule has 1 saturated heterocycles. The molecule has 1 aromatic carbocycles. The van der Waals surface area contributed by atoms with Gasteiger partial charge in [0.05, 0.1) is 11.2 Å². The lowest BCUT2D eigenvalue weighted by Gasteiger charge is -2.32. The minimum absolute atomic E-state index is 0.262. The number of rotatable bonds is 4. The van der Waals surface area contributed by atoms with Gasteiger partial charge in [0.1, 0.15) is 5.75 Å². The molecule has 0 bridgehead atoms. The average molecular weight is 439 g/mol. The maximum atomic E-state index is 12.7. The van der Waals surface area contributed by atoms with Crippen LogP contribution in [-0.2, 0) is 9.31 Å². The third-order valence-electron chi connectivity index (χ3n) is 4.28. The Hall–Kier alpha value is -0.635. The molecule has 9 heteroatoms. The third kappa shape index (κ3) is 4.96. The number of hydrogen-bond acceptors (Lipinski definition) is 4. The molecule has 0 amide bonds. The van der Waals surface area contributed by atoms with Crippen molar-refractivity contribution in [1.82, 2.24) is 0 Å². The molecule has 1 heterocycles. The summed E-state index contributed by atoms with van der Waals surface area (Å²) in [6.45, 7) is 7.61. The molecule has 3 nitrogen and oxygen atoms in total. The lowest BCUT2D eigenvalue weighted by Crippen LogP contribution is -2.41. The Morgan fingerprint density at radius 2 is 1.80 bits per heavy atom. The van der Waals surface area contributed by atoms with E-state index in [9.17, 15) is 13.2 Å². The SMILES string of the molecule is CC1(C)OB(C(=Cc2ccc(Br)cc2OC(F)(F)F)CS)OC1(C)C. The van der Waals surface area contributed by atoms with Gasteiger partial charge in [-0.2, -0.15) is 12.6 Å². The van der Waals surface area contributed by atoms with Crippen LogP contribution in [0.25, 0.3) is 6.08 Å². The van der Waals surface area contributed by atoms with Gasteiger partial charge in [-0.1, -0.05) is 28.1 Å². The quantitative estimate of drug-likeness (QED) is 0.511. The number of thiol groups is 1. The second-order valence-electron chi connectivity index (χ2n) is 6.70. The summed E-state index contributed by atoms with van der Waals surface area (Å²) in [6.07, 6.45) is -3.22. The smallest absolute Gasteiger partial charge is 0.405 e. The third-order valence-corrected chi connectivity index (χ3v) is 5.14. The van der Waals surface area contributed by atoms with E-state index < -0.39 is 24.7 Å². The van der Waals surface area contributed by atoms with Crippen molar-refractivity contribution >= 4 is 41.8 Å². The molecule has 0 atom stereocenters. The van der Waals surface area contributed by atoms with Gasteiger partial charge >= 0.3 is 13.5 Å². The Kier molecular flexibility index (Phi) is 5.93. The van der Waals surface area contributed by atoms with Crippen molar-refractivity contribution in [3.63, 3.8) is 0 Å². The topological polar surface area (TPSA) is 27.7 Å². The number of alkyl halides is 3. The molecule has 0 aliphatic carbocycles. The number of ether oxygens (including phenoxy) is 1. The molecule has 0 saturated carbocycles. The Bertz CT molecular complexity index is 661. The van der Waals surface area contributed by atoms with Crippen molar-refractivity contribution in [3.8, 4) is 5.75 Å². The van der Waals surface area contributed by atoms with Crippen LogP contribution in [0.3, 0.4) is 0 Å². The second kappa shape index (κ2) is 7.17. The molecular formula is C16H19BBrF3O3S. The van der Waals surface area contributed by atoms with Crippen molar-refractivity contribution < 1.29 is 27.2 Å². The van der Waals surface area contributed by atoms with Crippen LogP contribution in [-0.4, -0.2) is 30.4 Å². The fraction of sp³-hybridized carbons (Fsp3) is 0.500. The van der Waals surface area contributed by atoms with Gasteiger partial charge in [0.15, 0.2) is 0 Å². The zero-order valence-corrected chi connectivity index (χ0v) is 16.8. The maximum absolute atomic E-state index is 12.7. The van der Waals surface area contributed by atoms with E-state index in [1.165, 1.54) is 12.1 Å². The summed E-state index contributed by atoms with van der Waals surface area (Å²) in [5, 5.41) is 0. The van der Waals surface area contributed by atoms with Crippen LogP contribution in [0.5, 0.6) is 5.75 Å². The van der Waals surface area contributed by atoms with E-state index in [0.717, 1.165) is 0 Å². The zero-order valence-electron chi connectivity index (χ0n) is 14.3. The Balaban J connectivity index is 2.38. The van der Waals surface area contributed by atoms with Crippen LogP contribution in [0.4, 0.5) is 13.2 Å². The first kappa shape index (κ1) is 20.7. The molecule has 0 spiro atoms. The molecular weight excluding hydrogens is 420 g/mol. The molecule has 0 N–H and O–H groups in total. The van der Waals surface area contributed by atoms with Gasteiger partial charge in [-0.3, -0.25) is 0 Å². The largest absolute Gasteiger partial charge is 0.573 e. The Labute approximate surface area is 159 Å². The van der Waals surface area contributed by atoms with E-state index >= 15 is 0 Å². The second-order valence-corrected chi connectivity index (χ2v) is 7.93. The average Bonchev–Trinajstić information content (AvgIpc) is 2.64. The highest BCUT2D eigenvalue weighted by atomic mass is 79.9. The number of benzene rings is 1. The van der Waals surface area contributed by atoms with Crippen molar-refractivity contribution in [2.45, 2.75) is 45.3 Å². The van der Waals surface area contributed by atoms with Crippen LogP contribution >= 0.6 is 28.6 Å². The molecule has 138 valence electrons. The van der Waals surface area contributed by atoms with E-state index in [1.807, 2.05) is 27.7 Å². The van der Waals surface area contributed by atoms with E-state index in [0.29, 0.717) is 9.95 Å². The summed E-state index contributed by atoms with van der Waals surface area (Å²) in [4.78, 5) is 0. The van der Waals surface area contributed by atoms with Gasteiger partial charge in [-0.25, -0.2) is 0 Å². The van der Waals surface area contributed by atoms with Gasteiger partial charge in [0.2, 0.25) is 0 Å². The van der Waals surface area contributed by atoms with Crippen LogP contribution in [0.15, 0.2) is 28.1 Å². The monoisotopic (exact) mass is 438 g/mol. The predicted octanol–water partition coefficient (Wildman–Crippen LogP) is 5.29. The van der Waals surface area contributed by atoms with Gasteiger partial charge in [0, 0.05) is 15.8 Å². The van der Waals surface area contributed by atoms with Crippen LogP contribution in [0.1, 0.15) is 33.3 Å². The molecule has 0 aromatic heterocycles. The van der Waals surface area contributed by atoms with Crippen LogP contribution in [0, 0.1) is 0 Å². The highest BCUT2D eigenvalue weighted by molar-refractivity contribution is 9.10. The lowest BCUT2D eigenvalue weighted by atomic mass is 9.78. The first-order valence-corrected chi connectivity index (χ1v) is 8.99. The molecule has 25 heavy (non-hydrogen) atoms. The molecule has 1 aliphatic rings. The van der Waals surface area contributed by atoms with Crippen LogP contribution in [0.2, 0.25) is 0 Å². The minimum Gasteiger partial charge on any atom is -0.405 e. The van der Waals surface area contributed by atoms with Gasteiger partial charge in [-0.15, -0.1) is 13.2 Å². The van der Waals surface area contributed by atoms with Gasteiger partial charge < -0.3 is 14.0 Å². The van der Waals surface area contributed by atoms with E-state index in [-0.39, 0.29) is 17.1 Å². The zero-order chi connectivity index (χ0) is 19.0. The lowest BCUT2D eigenvalue weighted by molar-refractivity contribution is -0.274. The van der Waals surface area contributed by atoms with Crippen LogP contribution < -0.4 is 4.74 Å². The fourth-order valence-electron chi connectivity index (χ4n) is 2.22. The standard InChI is InChI=1S/C16H19BBrF3O3S/c1-14(2)15(3,4)24-17(23-14)11(9-25)7-10-5-6-12(18)8-13(10)22-16(19,20)21/h5-8,25H,9H2,1-4H3. The summed E-state index contributed by atoms with van der Waals surface area (Å²) in [5.41, 5.74) is -0.231. The predicted molar refractivity (Wildman–Crippen MR) is 98.7 cm³/mol. The minimum atomic E-state index is -4.78. The Morgan fingerprint density at radius 3 is 2.28 bits per heavy atom. The van der Waals surface area contributed by atoms with Gasteiger partial charge in [0.25, 0.3) is 0 Å². The first-order chi connectivity index (χ1) is 11.3. The molecule has 1 fully saturated rings. The highest BCUT2D eigenvalue weighted by Crippen LogP contribution is 2.39. The molecule has 1 aromatic rings. The molecule has 2 rings (SSSR count). The summed E-state index contributed by atoms with van der Waals surface area (Å²) < 4.78 is 54.4. The van der Waals surface area contributed by atoms with Crippen molar-refractivity contribution in [1.29, 1.82) is 0 Å². The van der Waals surface area contributed by atoms with Crippen molar-refractivity contribution in [2.24, 2.45) is 0 Å². The maximum Gasteiger partial charge on any atom is 0.573 e.